The van der Waals surface area contributed by atoms with Gasteiger partial charge in [-0.1, -0.05) is 31.5 Å². The Labute approximate surface area is 255 Å². The molecule has 4 heterocycles. The van der Waals surface area contributed by atoms with E-state index in [4.69, 9.17) is 26.1 Å². The molecule has 8 nitrogen and oxygen atoms in total. The largest absolute Gasteiger partial charge is 0.478 e. The Morgan fingerprint density at radius 2 is 1.86 bits per heavy atom. The Morgan fingerprint density at radius 1 is 1.05 bits per heavy atom. The molecule has 0 spiro atoms. The summed E-state index contributed by atoms with van der Waals surface area (Å²) in [6, 6.07) is 14.0. The number of carbonyl (C=O) groups is 1. The number of benzene rings is 2. The van der Waals surface area contributed by atoms with Crippen molar-refractivity contribution in [2.24, 2.45) is 5.41 Å². The number of aromatic nitrogens is 4. The fraction of sp³-hybridized carbons (Fsp3) is 0.250. The molecule has 1 atom stereocenters. The van der Waals surface area contributed by atoms with Crippen molar-refractivity contribution in [3.05, 3.63) is 106 Å². The van der Waals surface area contributed by atoms with E-state index in [0.29, 0.717) is 30.1 Å². The standard InChI is InChI=1S/C32H26ClF3N4O4/c1-32(2)16-43-15-26(32)40-25-11-17(31(41)42)6-8-24(25)37-28(40)12-19-10-22(35)20(13-21(19)34)23-4-3-5-29(38-23)44-14-18-7-9-27(33)39-30(18)36/h3-11,13,26H,12,14-16H2,1-2H3,(H,41,42)/t26-/m1/s1. The van der Waals surface area contributed by atoms with Gasteiger partial charge in [0.15, 0.2) is 0 Å². The minimum absolute atomic E-state index is 0.00767. The SMILES string of the molecule is CC1(C)COC[C@H]1n1c(Cc2cc(F)c(-c3cccc(OCc4ccc(Cl)nc4F)n3)cc2F)nc2ccc(C(=O)O)cc21. The van der Waals surface area contributed by atoms with Gasteiger partial charge in [-0.2, -0.15) is 4.39 Å². The molecule has 1 aliphatic heterocycles. The van der Waals surface area contributed by atoms with Crippen molar-refractivity contribution in [3.8, 4) is 17.1 Å². The van der Waals surface area contributed by atoms with Gasteiger partial charge in [0.05, 0.1) is 41.5 Å². The fourth-order valence-electron chi connectivity index (χ4n) is 5.36. The van der Waals surface area contributed by atoms with Gasteiger partial charge >= 0.3 is 5.97 Å². The van der Waals surface area contributed by atoms with Gasteiger partial charge in [0.1, 0.15) is 29.2 Å². The predicted octanol–water partition coefficient (Wildman–Crippen LogP) is 7.03. The highest BCUT2D eigenvalue weighted by molar-refractivity contribution is 6.29. The first kappa shape index (κ1) is 29.6. The maximum atomic E-state index is 15.6. The monoisotopic (exact) mass is 622 g/mol. The van der Waals surface area contributed by atoms with E-state index in [1.54, 1.807) is 18.2 Å². The molecule has 0 saturated carbocycles. The van der Waals surface area contributed by atoms with Gasteiger partial charge in [0.2, 0.25) is 11.8 Å². The fourth-order valence-corrected chi connectivity index (χ4v) is 5.50. The van der Waals surface area contributed by atoms with Gasteiger partial charge in [0.25, 0.3) is 0 Å². The van der Waals surface area contributed by atoms with E-state index in [1.165, 1.54) is 30.3 Å². The van der Waals surface area contributed by atoms with Crippen LogP contribution < -0.4 is 4.74 Å². The van der Waals surface area contributed by atoms with Gasteiger partial charge in [-0.05, 0) is 54.1 Å². The molecule has 1 N–H and O–H groups in total. The first-order valence-electron chi connectivity index (χ1n) is 13.7. The molecule has 0 amide bonds. The van der Waals surface area contributed by atoms with Crippen LogP contribution in [-0.4, -0.2) is 43.8 Å². The molecular weight excluding hydrogens is 597 g/mol. The van der Waals surface area contributed by atoms with Crippen LogP contribution in [-0.2, 0) is 17.8 Å². The summed E-state index contributed by atoms with van der Waals surface area (Å²) in [5.41, 5.74) is 1.16. The summed E-state index contributed by atoms with van der Waals surface area (Å²) in [5.74, 6) is -2.71. The smallest absolute Gasteiger partial charge is 0.335 e. The number of pyridine rings is 2. The molecule has 3 aromatic heterocycles. The van der Waals surface area contributed by atoms with Gasteiger partial charge in [-0.15, -0.1) is 0 Å². The van der Waals surface area contributed by atoms with E-state index in [-0.39, 0.29) is 63.5 Å². The number of aromatic carboxylic acids is 1. The van der Waals surface area contributed by atoms with Gasteiger partial charge < -0.3 is 19.1 Å². The van der Waals surface area contributed by atoms with Crippen molar-refractivity contribution in [3.63, 3.8) is 0 Å². The lowest BCUT2D eigenvalue weighted by atomic mass is 9.87. The van der Waals surface area contributed by atoms with Crippen molar-refractivity contribution in [1.29, 1.82) is 0 Å². The molecule has 2 aromatic carbocycles. The summed E-state index contributed by atoms with van der Waals surface area (Å²) in [6.45, 7) is 4.71. The minimum atomic E-state index is -1.08. The summed E-state index contributed by atoms with van der Waals surface area (Å²) in [5, 5.41) is 9.58. The van der Waals surface area contributed by atoms with Crippen LogP contribution in [0.2, 0.25) is 5.15 Å². The molecule has 1 saturated heterocycles. The van der Waals surface area contributed by atoms with Gasteiger partial charge in [-0.25, -0.2) is 28.5 Å². The molecule has 0 aliphatic carbocycles. The van der Waals surface area contributed by atoms with Crippen LogP contribution in [0.15, 0.2) is 60.7 Å². The number of halogens is 4. The molecule has 44 heavy (non-hydrogen) atoms. The number of ether oxygens (including phenoxy) is 2. The number of carboxylic acids is 1. The third kappa shape index (κ3) is 5.72. The molecule has 1 aliphatic rings. The lowest BCUT2D eigenvalue weighted by Crippen LogP contribution is -2.27. The number of imidazole rings is 1. The van der Waals surface area contributed by atoms with Crippen LogP contribution in [0, 0.1) is 23.0 Å². The second kappa shape index (κ2) is 11.5. The maximum Gasteiger partial charge on any atom is 0.335 e. The Morgan fingerprint density at radius 3 is 2.59 bits per heavy atom. The third-order valence-corrected chi connectivity index (χ3v) is 7.94. The van der Waals surface area contributed by atoms with E-state index in [1.807, 2.05) is 18.4 Å². The summed E-state index contributed by atoms with van der Waals surface area (Å²) >= 11 is 5.69. The maximum absolute atomic E-state index is 15.6. The van der Waals surface area contributed by atoms with E-state index >= 15 is 8.78 Å². The number of hydrogen-bond donors (Lipinski definition) is 1. The van der Waals surface area contributed by atoms with Crippen molar-refractivity contribution in [2.45, 2.75) is 32.9 Å². The average Bonchev–Trinajstić information content (AvgIpc) is 3.51. The third-order valence-electron chi connectivity index (χ3n) is 7.72. The van der Waals surface area contributed by atoms with Crippen molar-refractivity contribution < 1.29 is 32.5 Å². The van der Waals surface area contributed by atoms with E-state index in [9.17, 15) is 14.3 Å². The van der Waals surface area contributed by atoms with E-state index in [2.05, 4.69) is 9.97 Å². The van der Waals surface area contributed by atoms with E-state index in [0.717, 1.165) is 12.1 Å². The zero-order valence-corrected chi connectivity index (χ0v) is 24.4. The molecule has 0 radical (unpaired) electrons. The van der Waals surface area contributed by atoms with Crippen molar-refractivity contribution in [2.75, 3.05) is 13.2 Å². The second-order valence-electron chi connectivity index (χ2n) is 11.3. The van der Waals surface area contributed by atoms with Gasteiger partial charge in [-0.3, -0.25) is 0 Å². The Hall–Kier alpha value is -4.48. The highest BCUT2D eigenvalue weighted by atomic mass is 35.5. The quantitative estimate of drug-likeness (QED) is 0.186. The highest BCUT2D eigenvalue weighted by Gasteiger charge is 2.39. The normalized spacial score (nSPS) is 16.0. The summed E-state index contributed by atoms with van der Waals surface area (Å²) in [6.07, 6.45) is -0.0516. The zero-order valence-electron chi connectivity index (χ0n) is 23.7. The van der Waals surface area contributed by atoms with Crippen LogP contribution in [0.25, 0.3) is 22.3 Å². The van der Waals surface area contributed by atoms with E-state index < -0.39 is 23.6 Å². The van der Waals surface area contributed by atoms with Gasteiger partial charge in [0, 0.05) is 29.0 Å². The number of carboxylic acid groups (broad SMARTS) is 1. The van der Waals surface area contributed by atoms with Crippen LogP contribution in [0.1, 0.15) is 47.2 Å². The first-order valence-corrected chi connectivity index (χ1v) is 14.1. The van der Waals surface area contributed by atoms with Crippen molar-refractivity contribution in [1.82, 2.24) is 19.5 Å². The van der Waals surface area contributed by atoms with Crippen LogP contribution >= 0.6 is 11.6 Å². The average molecular weight is 623 g/mol. The molecule has 12 heteroatoms. The lowest BCUT2D eigenvalue weighted by molar-refractivity contribution is 0.0697. The molecule has 0 bridgehead atoms. The zero-order chi connectivity index (χ0) is 31.2. The summed E-state index contributed by atoms with van der Waals surface area (Å²) < 4.78 is 58.4. The Bertz CT molecular complexity index is 1910. The Balaban J connectivity index is 1.31. The Kier molecular flexibility index (Phi) is 7.77. The number of rotatable bonds is 8. The molecular formula is C32H26ClF3N4O4. The predicted molar refractivity (Wildman–Crippen MR) is 156 cm³/mol. The van der Waals surface area contributed by atoms with Crippen LogP contribution in [0.3, 0.4) is 0 Å². The topological polar surface area (TPSA) is 99.4 Å². The van der Waals surface area contributed by atoms with Crippen LogP contribution in [0.5, 0.6) is 5.88 Å². The molecule has 6 rings (SSSR count). The molecule has 0 unspecified atom stereocenters. The minimum Gasteiger partial charge on any atom is -0.478 e. The number of hydrogen-bond acceptors (Lipinski definition) is 6. The summed E-state index contributed by atoms with van der Waals surface area (Å²) in [7, 11) is 0. The molecule has 5 aromatic rings. The molecule has 1 fully saturated rings. The summed E-state index contributed by atoms with van der Waals surface area (Å²) in [4.78, 5) is 24.2. The second-order valence-corrected chi connectivity index (χ2v) is 11.6. The highest BCUT2D eigenvalue weighted by Crippen LogP contribution is 2.40. The first-order chi connectivity index (χ1) is 21.0. The number of nitrogens with zero attached hydrogens (tertiary/aromatic N) is 4. The van der Waals surface area contributed by atoms with Crippen LogP contribution in [0.4, 0.5) is 13.2 Å². The number of fused-ring (bicyclic) bond motifs is 1. The lowest BCUT2D eigenvalue weighted by Gasteiger charge is -2.28. The molecule has 226 valence electrons. The van der Waals surface area contributed by atoms with Crippen molar-refractivity contribution >= 4 is 28.6 Å².